The Balaban J connectivity index is 1.93. The normalized spacial score (nSPS) is 20.5. The predicted octanol–water partition coefficient (Wildman–Crippen LogP) is 3.16. The molecular formula is C18H20ClN3O3. The lowest BCUT2D eigenvalue weighted by Crippen LogP contribution is -2.50. The van der Waals surface area contributed by atoms with E-state index < -0.39 is 12.0 Å². The van der Waals surface area contributed by atoms with Crippen LogP contribution in [0.15, 0.2) is 30.5 Å². The van der Waals surface area contributed by atoms with Gasteiger partial charge in [0.15, 0.2) is 5.69 Å². The molecule has 1 amide bonds. The molecule has 0 spiro atoms. The molecule has 2 atom stereocenters. The van der Waals surface area contributed by atoms with Crippen molar-refractivity contribution >= 4 is 23.5 Å². The van der Waals surface area contributed by atoms with E-state index in [0.29, 0.717) is 29.2 Å². The monoisotopic (exact) mass is 361 g/mol. The quantitative estimate of drug-likeness (QED) is 0.911. The fourth-order valence-electron chi connectivity index (χ4n) is 3.19. The fraction of sp³-hybridized carbons (Fsp3) is 0.389. The van der Waals surface area contributed by atoms with E-state index in [1.165, 1.54) is 4.90 Å². The van der Waals surface area contributed by atoms with Crippen LogP contribution in [-0.4, -0.2) is 44.3 Å². The van der Waals surface area contributed by atoms with E-state index in [1.54, 1.807) is 23.9 Å². The number of carboxylic acid groups (broad SMARTS) is 1. The highest BCUT2D eigenvalue weighted by Gasteiger charge is 2.36. The molecule has 0 radical (unpaired) electrons. The van der Waals surface area contributed by atoms with Crippen molar-refractivity contribution in [2.24, 2.45) is 5.92 Å². The van der Waals surface area contributed by atoms with Crippen molar-refractivity contribution in [2.45, 2.75) is 32.7 Å². The number of carbonyl (C=O) groups is 2. The molecule has 1 aromatic carbocycles. The van der Waals surface area contributed by atoms with Crippen LogP contribution in [0.25, 0.3) is 5.69 Å². The van der Waals surface area contributed by atoms with E-state index >= 15 is 0 Å². The number of benzene rings is 1. The third-order valence-corrected chi connectivity index (χ3v) is 4.93. The van der Waals surface area contributed by atoms with E-state index in [9.17, 15) is 14.7 Å². The van der Waals surface area contributed by atoms with Crippen molar-refractivity contribution in [1.82, 2.24) is 14.7 Å². The summed E-state index contributed by atoms with van der Waals surface area (Å²) in [5.74, 6) is -1.03. The summed E-state index contributed by atoms with van der Waals surface area (Å²) >= 11 is 6.20. The van der Waals surface area contributed by atoms with Crippen molar-refractivity contribution in [3.63, 3.8) is 0 Å². The zero-order valence-corrected chi connectivity index (χ0v) is 14.9. The Hall–Kier alpha value is -2.34. The molecule has 1 aromatic heterocycles. The van der Waals surface area contributed by atoms with Gasteiger partial charge in [0.05, 0.1) is 10.7 Å². The second kappa shape index (κ2) is 6.88. The Bertz CT molecular complexity index is 818. The highest BCUT2D eigenvalue weighted by atomic mass is 35.5. The summed E-state index contributed by atoms with van der Waals surface area (Å²) in [6, 6.07) is 6.42. The van der Waals surface area contributed by atoms with Gasteiger partial charge in [0.2, 0.25) is 0 Å². The van der Waals surface area contributed by atoms with Crippen molar-refractivity contribution in [2.75, 3.05) is 6.54 Å². The van der Waals surface area contributed by atoms with Gasteiger partial charge in [-0.15, -0.1) is 0 Å². The Morgan fingerprint density at radius 2 is 2.04 bits per heavy atom. The Kier molecular flexibility index (Phi) is 4.81. The molecule has 25 heavy (non-hydrogen) atoms. The van der Waals surface area contributed by atoms with Gasteiger partial charge in [0, 0.05) is 18.3 Å². The summed E-state index contributed by atoms with van der Waals surface area (Å²) in [6.45, 7) is 4.22. The molecule has 2 heterocycles. The molecule has 1 aliphatic rings. The van der Waals surface area contributed by atoms with Gasteiger partial charge in [-0.2, -0.15) is 5.10 Å². The molecular weight excluding hydrogens is 342 g/mol. The Morgan fingerprint density at radius 3 is 2.72 bits per heavy atom. The van der Waals surface area contributed by atoms with Gasteiger partial charge in [0.1, 0.15) is 6.04 Å². The van der Waals surface area contributed by atoms with Crippen molar-refractivity contribution in [1.29, 1.82) is 0 Å². The maximum absolute atomic E-state index is 12.9. The molecule has 3 rings (SSSR count). The highest BCUT2D eigenvalue weighted by molar-refractivity contribution is 6.32. The van der Waals surface area contributed by atoms with Gasteiger partial charge in [0.25, 0.3) is 5.91 Å². The maximum atomic E-state index is 12.9. The number of carboxylic acids is 1. The molecule has 6 nitrogen and oxygen atoms in total. The van der Waals surface area contributed by atoms with Crippen LogP contribution in [0.3, 0.4) is 0 Å². The number of piperidine rings is 1. The van der Waals surface area contributed by atoms with Crippen LogP contribution in [0.2, 0.25) is 5.02 Å². The molecule has 2 aromatic rings. The van der Waals surface area contributed by atoms with Crippen molar-refractivity contribution in [3.05, 3.63) is 46.7 Å². The third kappa shape index (κ3) is 3.39. The molecule has 0 saturated carbocycles. The lowest BCUT2D eigenvalue weighted by atomic mass is 9.92. The van der Waals surface area contributed by atoms with Crippen LogP contribution in [-0.2, 0) is 4.79 Å². The first kappa shape index (κ1) is 17.5. The summed E-state index contributed by atoms with van der Waals surface area (Å²) in [5, 5.41) is 14.4. The van der Waals surface area contributed by atoms with E-state index in [0.717, 1.165) is 6.42 Å². The largest absolute Gasteiger partial charge is 0.480 e. The molecule has 1 aliphatic heterocycles. The van der Waals surface area contributed by atoms with Gasteiger partial charge < -0.3 is 10.0 Å². The zero-order chi connectivity index (χ0) is 18.1. The number of rotatable bonds is 3. The number of halogens is 1. The van der Waals surface area contributed by atoms with Crippen LogP contribution >= 0.6 is 11.6 Å². The standard InChI is InChI=1S/C18H20ClN3O3/c1-11-7-8-21(15(9-11)18(24)25)17(23)16-12(2)10-22(20-16)14-6-4-3-5-13(14)19/h3-6,10-11,15H,7-9H2,1-2H3,(H,24,25). The van der Waals surface area contributed by atoms with E-state index in [-0.39, 0.29) is 17.5 Å². The number of hydrogen-bond acceptors (Lipinski definition) is 3. The smallest absolute Gasteiger partial charge is 0.326 e. The van der Waals surface area contributed by atoms with Gasteiger partial charge in [-0.3, -0.25) is 4.79 Å². The first-order valence-electron chi connectivity index (χ1n) is 8.23. The van der Waals surface area contributed by atoms with E-state index in [4.69, 9.17) is 11.6 Å². The summed E-state index contributed by atoms with van der Waals surface area (Å²) in [5.41, 5.74) is 1.63. The topological polar surface area (TPSA) is 75.4 Å². The lowest BCUT2D eigenvalue weighted by molar-refractivity contribution is -0.144. The number of hydrogen-bond donors (Lipinski definition) is 1. The first-order chi connectivity index (χ1) is 11.9. The number of likely N-dealkylation sites (tertiary alicyclic amines) is 1. The Morgan fingerprint density at radius 1 is 1.32 bits per heavy atom. The van der Waals surface area contributed by atoms with Crippen LogP contribution in [0.5, 0.6) is 0 Å². The van der Waals surface area contributed by atoms with Crippen LogP contribution in [0.1, 0.15) is 35.8 Å². The number of nitrogens with zero attached hydrogens (tertiary/aromatic N) is 3. The number of aryl methyl sites for hydroxylation is 1. The highest BCUT2D eigenvalue weighted by Crippen LogP contribution is 2.26. The maximum Gasteiger partial charge on any atom is 0.326 e. The Labute approximate surface area is 151 Å². The van der Waals surface area contributed by atoms with E-state index in [1.807, 2.05) is 25.1 Å². The average Bonchev–Trinajstić information content (AvgIpc) is 2.96. The molecule has 7 heteroatoms. The van der Waals surface area contributed by atoms with Gasteiger partial charge in [-0.1, -0.05) is 30.7 Å². The molecule has 0 bridgehead atoms. The SMILES string of the molecule is Cc1cn(-c2ccccc2Cl)nc1C(=O)N1CCC(C)CC1C(=O)O. The molecule has 1 N–H and O–H groups in total. The summed E-state index contributed by atoms with van der Waals surface area (Å²) in [4.78, 5) is 25.9. The van der Waals surface area contributed by atoms with Crippen molar-refractivity contribution < 1.29 is 14.7 Å². The second-order valence-corrected chi connectivity index (χ2v) is 6.95. The number of amides is 1. The lowest BCUT2D eigenvalue weighted by Gasteiger charge is -2.35. The van der Waals surface area contributed by atoms with Crippen molar-refractivity contribution in [3.8, 4) is 5.69 Å². The number of para-hydroxylation sites is 1. The van der Waals surface area contributed by atoms with Gasteiger partial charge in [-0.05, 0) is 37.8 Å². The molecule has 1 fully saturated rings. The summed E-state index contributed by atoms with van der Waals surface area (Å²) in [7, 11) is 0. The average molecular weight is 362 g/mol. The van der Waals surface area contributed by atoms with Crippen LogP contribution < -0.4 is 0 Å². The minimum absolute atomic E-state index is 0.265. The summed E-state index contributed by atoms with van der Waals surface area (Å²) < 4.78 is 1.56. The molecule has 0 aliphatic carbocycles. The molecule has 132 valence electrons. The van der Waals surface area contributed by atoms with Gasteiger partial charge >= 0.3 is 5.97 Å². The minimum atomic E-state index is -0.969. The third-order valence-electron chi connectivity index (χ3n) is 4.61. The number of aliphatic carboxylic acids is 1. The summed E-state index contributed by atoms with van der Waals surface area (Å²) in [6.07, 6.45) is 2.99. The van der Waals surface area contributed by atoms with E-state index in [2.05, 4.69) is 5.10 Å². The van der Waals surface area contributed by atoms with Crippen LogP contribution in [0.4, 0.5) is 0 Å². The minimum Gasteiger partial charge on any atom is -0.480 e. The van der Waals surface area contributed by atoms with Gasteiger partial charge in [-0.25, -0.2) is 9.48 Å². The fourth-order valence-corrected chi connectivity index (χ4v) is 3.41. The molecule has 2 unspecified atom stereocenters. The predicted molar refractivity (Wildman–Crippen MR) is 94.2 cm³/mol. The number of carbonyl (C=O) groups excluding carboxylic acids is 1. The zero-order valence-electron chi connectivity index (χ0n) is 14.1. The first-order valence-corrected chi connectivity index (χ1v) is 8.61. The molecule has 1 saturated heterocycles. The van der Waals surface area contributed by atoms with Crippen LogP contribution in [0, 0.1) is 12.8 Å². The second-order valence-electron chi connectivity index (χ2n) is 6.54. The number of aromatic nitrogens is 2.